The number of ether oxygens (including phenoxy) is 1. The number of nitrogens with zero attached hydrogens (tertiary/aromatic N) is 3. The van der Waals surface area contributed by atoms with Gasteiger partial charge in [0.25, 0.3) is 0 Å². The van der Waals surface area contributed by atoms with Gasteiger partial charge in [0.05, 0.1) is 12.3 Å². The van der Waals surface area contributed by atoms with Gasteiger partial charge < -0.3 is 9.64 Å². The first kappa shape index (κ1) is 22.3. The van der Waals surface area contributed by atoms with Crippen LogP contribution in [0.5, 0.6) is 11.5 Å². The zero-order valence-electron chi connectivity index (χ0n) is 18.1. The number of likely N-dealkylation sites (tertiary alicyclic amines) is 1. The predicted molar refractivity (Wildman–Crippen MR) is 122 cm³/mol. The van der Waals surface area contributed by atoms with Crippen LogP contribution in [-0.2, 0) is 4.79 Å². The fourth-order valence-electron chi connectivity index (χ4n) is 3.86. The Kier molecular flexibility index (Phi) is 6.85. The van der Waals surface area contributed by atoms with Gasteiger partial charge in [-0.2, -0.15) is 4.98 Å². The number of piperidine rings is 1. The lowest BCUT2D eigenvalue weighted by Gasteiger charge is -2.30. The van der Waals surface area contributed by atoms with E-state index in [1.165, 1.54) is 18.5 Å². The summed E-state index contributed by atoms with van der Waals surface area (Å²) >= 11 is 0. The first-order valence-corrected chi connectivity index (χ1v) is 10.7. The fraction of sp³-hybridized carbons (Fsp3) is 0.200. The van der Waals surface area contributed by atoms with Crippen molar-refractivity contribution in [3.05, 3.63) is 90.7 Å². The maximum atomic E-state index is 13.8. The summed E-state index contributed by atoms with van der Waals surface area (Å²) in [6.45, 7) is 4.90. The first-order chi connectivity index (χ1) is 16.0. The number of nitrogens with two attached hydrogens (primary N) is 1. The monoisotopic (exact) mass is 446 g/mol. The molecule has 1 fully saturated rings. The van der Waals surface area contributed by atoms with Crippen LogP contribution in [0.25, 0.3) is 0 Å². The van der Waals surface area contributed by atoms with Crippen LogP contribution in [0.15, 0.2) is 73.7 Å². The molecule has 1 amide bonds. The van der Waals surface area contributed by atoms with Gasteiger partial charge in [0.2, 0.25) is 11.7 Å². The van der Waals surface area contributed by atoms with Gasteiger partial charge in [-0.3, -0.25) is 15.5 Å². The minimum atomic E-state index is -0.438. The van der Waals surface area contributed by atoms with Crippen LogP contribution >= 0.6 is 0 Å². The Morgan fingerprint density at radius 3 is 2.79 bits per heavy atom. The second-order valence-corrected chi connectivity index (χ2v) is 7.81. The fourth-order valence-corrected chi connectivity index (χ4v) is 3.86. The Hall–Kier alpha value is -3.91. The molecule has 2 heterocycles. The molecule has 3 N–H and O–H groups in total. The van der Waals surface area contributed by atoms with E-state index in [4.69, 9.17) is 10.1 Å². The molecule has 0 spiro atoms. The SMILES string of the molecule is C=CC(=O)N1CCCC([NH2+]c2ncncc2C(=N)c2ccc(Oc3ccccc3F)cc2)C1. The molecule has 4 rings (SSSR count). The molecule has 1 saturated heterocycles. The minimum Gasteiger partial charge on any atom is -0.454 e. The Labute approximate surface area is 191 Å². The van der Waals surface area contributed by atoms with Crippen LogP contribution in [0.2, 0.25) is 0 Å². The highest BCUT2D eigenvalue weighted by Crippen LogP contribution is 2.25. The molecule has 8 heteroatoms. The van der Waals surface area contributed by atoms with Crippen molar-refractivity contribution in [2.24, 2.45) is 0 Å². The lowest BCUT2D eigenvalue weighted by Crippen LogP contribution is -2.88. The van der Waals surface area contributed by atoms with Crippen molar-refractivity contribution in [1.29, 1.82) is 5.41 Å². The van der Waals surface area contributed by atoms with Gasteiger partial charge in [-0.1, -0.05) is 18.7 Å². The van der Waals surface area contributed by atoms with Crippen molar-refractivity contribution in [3.8, 4) is 11.5 Å². The summed E-state index contributed by atoms with van der Waals surface area (Å²) in [7, 11) is 0. The highest BCUT2D eigenvalue weighted by atomic mass is 19.1. The van der Waals surface area contributed by atoms with E-state index in [0.717, 1.165) is 19.4 Å². The molecule has 33 heavy (non-hydrogen) atoms. The number of para-hydroxylation sites is 1. The Morgan fingerprint density at radius 2 is 2.03 bits per heavy atom. The summed E-state index contributed by atoms with van der Waals surface area (Å²) < 4.78 is 19.4. The van der Waals surface area contributed by atoms with Crippen LogP contribution < -0.4 is 10.1 Å². The van der Waals surface area contributed by atoms with Crippen LogP contribution in [0.3, 0.4) is 0 Å². The van der Waals surface area contributed by atoms with Gasteiger partial charge in [0.1, 0.15) is 23.7 Å². The second-order valence-electron chi connectivity index (χ2n) is 7.81. The van der Waals surface area contributed by atoms with E-state index in [9.17, 15) is 9.18 Å². The number of halogens is 1. The van der Waals surface area contributed by atoms with Crippen molar-refractivity contribution in [1.82, 2.24) is 14.9 Å². The molecule has 7 nitrogen and oxygen atoms in total. The van der Waals surface area contributed by atoms with Gasteiger partial charge in [0.15, 0.2) is 11.6 Å². The van der Waals surface area contributed by atoms with E-state index in [2.05, 4.69) is 16.5 Å². The number of amides is 1. The average Bonchev–Trinajstić information content (AvgIpc) is 2.85. The Bertz CT molecular complexity index is 1170. The molecular weight excluding hydrogens is 421 g/mol. The number of hydrogen-bond acceptors (Lipinski definition) is 5. The molecule has 1 aliphatic rings. The first-order valence-electron chi connectivity index (χ1n) is 10.7. The Balaban J connectivity index is 1.48. The number of carbonyl (C=O) groups excluding carboxylic acids is 1. The molecule has 1 aliphatic heterocycles. The summed E-state index contributed by atoms with van der Waals surface area (Å²) in [6.07, 6.45) is 6.28. The van der Waals surface area contributed by atoms with Gasteiger partial charge in [-0.05, 0) is 48.9 Å². The standard InChI is InChI=1S/C25H24FN5O2/c1-2-23(32)31-13-5-6-18(15-31)30-25-20(14-28-16-29-25)24(27)17-9-11-19(12-10-17)33-22-8-4-3-7-21(22)26/h2-4,7-12,14,16,18,27H,1,5-6,13,15H2,(H,28,29,30)/p+1. The zero-order chi connectivity index (χ0) is 23.2. The summed E-state index contributed by atoms with van der Waals surface area (Å²) in [5.74, 6) is 0.778. The number of nitrogens with one attached hydrogen (secondary N) is 1. The maximum absolute atomic E-state index is 13.8. The number of quaternary nitrogens is 1. The third-order valence-electron chi connectivity index (χ3n) is 5.56. The van der Waals surface area contributed by atoms with E-state index in [1.807, 2.05) is 5.32 Å². The largest absolute Gasteiger partial charge is 0.454 e. The third kappa shape index (κ3) is 5.30. The molecule has 0 radical (unpaired) electrons. The summed E-state index contributed by atoms with van der Waals surface area (Å²) in [4.78, 5) is 22.3. The van der Waals surface area contributed by atoms with Crippen molar-refractivity contribution >= 4 is 17.4 Å². The molecule has 0 bridgehead atoms. The smallest absolute Gasteiger partial charge is 0.246 e. The quantitative estimate of drug-likeness (QED) is 0.430. The van der Waals surface area contributed by atoms with Crippen LogP contribution in [0, 0.1) is 11.2 Å². The van der Waals surface area contributed by atoms with Crippen LogP contribution in [0.4, 0.5) is 10.2 Å². The van der Waals surface area contributed by atoms with Crippen molar-refractivity contribution < 1.29 is 19.2 Å². The number of hydrogen-bond donors (Lipinski definition) is 2. The van der Waals surface area contributed by atoms with Crippen LogP contribution in [0.1, 0.15) is 24.0 Å². The molecule has 1 atom stereocenters. The lowest BCUT2D eigenvalue weighted by molar-refractivity contribution is -0.616. The van der Waals surface area contributed by atoms with E-state index >= 15 is 0 Å². The van der Waals surface area contributed by atoms with Gasteiger partial charge in [-0.25, -0.2) is 9.37 Å². The van der Waals surface area contributed by atoms with Crippen molar-refractivity contribution in [3.63, 3.8) is 0 Å². The molecule has 0 aliphatic carbocycles. The van der Waals surface area contributed by atoms with E-state index in [-0.39, 0.29) is 23.4 Å². The molecule has 1 aromatic heterocycles. The van der Waals surface area contributed by atoms with E-state index in [1.54, 1.807) is 53.6 Å². The molecule has 1 unspecified atom stereocenters. The number of aromatic nitrogens is 2. The highest BCUT2D eigenvalue weighted by Gasteiger charge is 2.27. The van der Waals surface area contributed by atoms with E-state index in [0.29, 0.717) is 29.2 Å². The molecule has 2 aromatic carbocycles. The minimum absolute atomic E-state index is 0.0681. The van der Waals surface area contributed by atoms with Crippen molar-refractivity contribution in [2.45, 2.75) is 18.9 Å². The molecule has 3 aromatic rings. The number of carbonyl (C=O) groups is 1. The number of benzene rings is 2. The zero-order valence-corrected chi connectivity index (χ0v) is 18.1. The molecule has 0 saturated carbocycles. The number of rotatable bonds is 7. The lowest BCUT2D eigenvalue weighted by atomic mass is 10.0. The summed E-state index contributed by atoms with van der Waals surface area (Å²) in [5, 5.41) is 10.7. The highest BCUT2D eigenvalue weighted by molar-refractivity contribution is 6.12. The maximum Gasteiger partial charge on any atom is 0.246 e. The third-order valence-corrected chi connectivity index (χ3v) is 5.56. The van der Waals surface area contributed by atoms with Crippen LogP contribution in [-0.4, -0.2) is 45.6 Å². The van der Waals surface area contributed by atoms with Gasteiger partial charge in [0, 0.05) is 24.7 Å². The average molecular weight is 447 g/mol. The van der Waals surface area contributed by atoms with Gasteiger partial charge >= 0.3 is 0 Å². The summed E-state index contributed by atoms with van der Waals surface area (Å²) in [6, 6.07) is 13.2. The predicted octanol–water partition coefficient (Wildman–Crippen LogP) is 3.20. The van der Waals surface area contributed by atoms with Gasteiger partial charge in [-0.15, -0.1) is 0 Å². The molecular formula is C25H25FN5O2+. The van der Waals surface area contributed by atoms with Crippen molar-refractivity contribution in [2.75, 3.05) is 13.1 Å². The second kappa shape index (κ2) is 10.1. The molecule has 168 valence electrons. The van der Waals surface area contributed by atoms with E-state index < -0.39 is 5.82 Å². The normalized spacial score (nSPS) is 15.7. The summed E-state index contributed by atoms with van der Waals surface area (Å²) in [5.41, 5.74) is 1.54. The Morgan fingerprint density at radius 1 is 1.24 bits per heavy atom. The topological polar surface area (TPSA) is 95.8 Å².